The number of amides is 1. The lowest BCUT2D eigenvalue weighted by atomic mass is 9.95. The zero-order valence-corrected chi connectivity index (χ0v) is 16.1. The van der Waals surface area contributed by atoms with Crippen LogP contribution < -0.4 is 10.6 Å². The maximum atomic E-state index is 12.2. The Balaban J connectivity index is 1.83. The Morgan fingerprint density at radius 1 is 0.889 bits per heavy atom. The van der Waals surface area contributed by atoms with E-state index in [1.165, 1.54) is 0 Å². The van der Waals surface area contributed by atoms with Gasteiger partial charge in [-0.05, 0) is 25.1 Å². The Labute approximate surface area is 159 Å². The highest BCUT2D eigenvalue weighted by Gasteiger charge is 2.21. The molecule has 2 aromatic carbocycles. The minimum absolute atomic E-state index is 0.0242. The SMILES string of the molecule is Cc1nc(Nc2cccc(NC(=O)C(C)(C)C)c2)cc(-c2ccccc2)n1. The molecular formula is C22H24N4O. The molecule has 1 heterocycles. The van der Waals surface area contributed by atoms with Gasteiger partial charge in [0.1, 0.15) is 11.6 Å². The van der Waals surface area contributed by atoms with Gasteiger partial charge in [-0.3, -0.25) is 4.79 Å². The third kappa shape index (κ3) is 4.91. The van der Waals surface area contributed by atoms with E-state index < -0.39 is 5.41 Å². The summed E-state index contributed by atoms with van der Waals surface area (Å²) in [5.74, 6) is 1.38. The van der Waals surface area contributed by atoms with E-state index in [1.54, 1.807) is 0 Å². The number of rotatable bonds is 4. The Morgan fingerprint density at radius 2 is 1.59 bits per heavy atom. The molecule has 3 aromatic rings. The molecule has 0 saturated carbocycles. The molecular weight excluding hydrogens is 336 g/mol. The van der Waals surface area contributed by atoms with Gasteiger partial charge in [-0.25, -0.2) is 9.97 Å². The van der Waals surface area contributed by atoms with E-state index in [0.29, 0.717) is 11.6 Å². The van der Waals surface area contributed by atoms with Gasteiger partial charge >= 0.3 is 0 Å². The average molecular weight is 360 g/mol. The fraction of sp³-hybridized carbons (Fsp3) is 0.227. The third-order valence-corrected chi connectivity index (χ3v) is 3.98. The van der Waals surface area contributed by atoms with Crippen molar-refractivity contribution in [1.82, 2.24) is 9.97 Å². The van der Waals surface area contributed by atoms with Gasteiger partial charge in [-0.2, -0.15) is 0 Å². The van der Waals surface area contributed by atoms with Gasteiger partial charge < -0.3 is 10.6 Å². The number of carbonyl (C=O) groups excluding carboxylic acids is 1. The average Bonchev–Trinajstić information content (AvgIpc) is 2.61. The smallest absolute Gasteiger partial charge is 0.229 e. The molecule has 0 unspecified atom stereocenters. The molecule has 1 amide bonds. The molecule has 0 fully saturated rings. The van der Waals surface area contributed by atoms with Crippen LogP contribution in [0.5, 0.6) is 0 Å². The van der Waals surface area contributed by atoms with Crippen LogP contribution in [0.4, 0.5) is 17.2 Å². The van der Waals surface area contributed by atoms with Gasteiger partial charge in [-0.15, -0.1) is 0 Å². The monoisotopic (exact) mass is 360 g/mol. The van der Waals surface area contributed by atoms with Crippen molar-refractivity contribution >= 4 is 23.1 Å². The first-order chi connectivity index (χ1) is 12.8. The van der Waals surface area contributed by atoms with E-state index in [1.807, 2.05) is 88.4 Å². The Hall–Kier alpha value is -3.21. The van der Waals surface area contributed by atoms with Crippen LogP contribution in [0.3, 0.4) is 0 Å². The number of anilines is 3. The number of nitrogens with one attached hydrogen (secondary N) is 2. The summed E-state index contributed by atoms with van der Waals surface area (Å²) in [5.41, 5.74) is 3.05. The second-order valence-electron chi connectivity index (χ2n) is 7.46. The first-order valence-corrected chi connectivity index (χ1v) is 8.91. The summed E-state index contributed by atoms with van der Waals surface area (Å²) in [4.78, 5) is 21.2. The van der Waals surface area contributed by atoms with Crippen molar-refractivity contribution in [3.8, 4) is 11.3 Å². The summed E-state index contributed by atoms with van der Waals surface area (Å²) >= 11 is 0. The van der Waals surface area contributed by atoms with Gasteiger partial charge in [-0.1, -0.05) is 57.2 Å². The first-order valence-electron chi connectivity index (χ1n) is 8.91. The molecule has 0 aliphatic carbocycles. The highest BCUT2D eigenvalue weighted by molar-refractivity contribution is 5.95. The summed E-state index contributed by atoms with van der Waals surface area (Å²) in [6, 6.07) is 19.5. The highest BCUT2D eigenvalue weighted by Crippen LogP contribution is 2.24. The lowest BCUT2D eigenvalue weighted by molar-refractivity contribution is -0.123. The van der Waals surface area contributed by atoms with E-state index in [9.17, 15) is 4.79 Å². The molecule has 0 radical (unpaired) electrons. The number of nitrogens with zero attached hydrogens (tertiary/aromatic N) is 2. The number of aryl methyl sites for hydroxylation is 1. The summed E-state index contributed by atoms with van der Waals surface area (Å²) in [6.45, 7) is 7.54. The summed E-state index contributed by atoms with van der Waals surface area (Å²) in [5, 5.41) is 6.25. The highest BCUT2D eigenvalue weighted by atomic mass is 16.2. The van der Waals surface area contributed by atoms with Gasteiger partial charge in [0.25, 0.3) is 0 Å². The fourth-order valence-electron chi connectivity index (χ4n) is 2.53. The van der Waals surface area contributed by atoms with Crippen LogP contribution in [-0.4, -0.2) is 15.9 Å². The number of benzene rings is 2. The molecule has 0 aliphatic heterocycles. The molecule has 5 nitrogen and oxygen atoms in total. The Bertz CT molecular complexity index is 946. The van der Waals surface area contributed by atoms with Crippen molar-refractivity contribution < 1.29 is 4.79 Å². The summed E-state index contributed by atoms with van der Waals surface area (Å²) in [7, 11) is 0. The zero-order chi connectivity index (χ0) is 19.4. The predicted molar refractivity (Wildman–Crippen MR) is 110 cm³/mol. The van der Waals surface area contributed by atoms with Crippen LogP contribution in [0.25, 0.3) is 11.3 Å². The maximum Gasteiger partial charge on any atom is 0.229 e. The van der Waals surface area contributed by atoms with Crippen LogP contribution in [-0.2, 0) is 4.79 Å². The quantitative estimate of drug-likeness (QED) is 0.673. The number of aromatic nitrogens is 2. The Morgan fingerprint density at radius 3 is 2.30 bits per heavy atom. The Kier molecular flexibility index (Phi) is 5.21. The molecule has 27 heavy (non-hydrogen) atoms. The third-order valence-electron chi connectivity index (χ3n) is 3.98. The second-order valence-corrected chi connectivity index (χ2v) is 7.46. The number of hydrogen-bond donors (Lipinski definition) is 2. The lowest BCUT2D eigenvalue weighted by Gasteiger charge is -2.18. The van der Waals surface area contributed by atoms with Crippen molar-refractivity contribution in [2.75, 3.05) is 10.6 Å². The minimum atomic E-state index is -0.447. The zero-order valence-electron chi connectivity index (χ0n) is 16.1. The normalized spacial score (nSPS) is 11.1. The van der Waals surface area contributed by atoms with Gasteiger partial charge in [0.2, 0.25) is 5.91 Å². The molecule has 0 bridgehead atoms. The second kappa shape index (κ2) is 7.58. The van der Waals surface area contributed by atoms with Gasteiger partial charge in [0.05, 0.1) is 5.69 Å². The molecule has 5 heteroatoms. The minimum Gasteiger partial charge on any atom is -0.340 e. The van der Waals surface area contributed by atoms with Crippen LogP contribution in [0.1, 0.15) is 26.6 Å². The standard InChI is InChI=1S/C22H24N4O/c1-15-23-19(16-9-6-5-7-10-16)14-20(24-15)25-17-11-8-12-18(13-17)26-21(27)22(2,3)4/h5-14H,1-4H3,(H,26,27)(H,23,24,25). The van der Waals surface area contributed by atoms with Gasteiger partial charge in [0, 0.05) is 28.4 Å². The van der Waals surface area contributed by atoms with Crippen LogP contribution in [0, 0.1) is 12.3 Å². The van der Waals surface area contributed by atoms with Crippen molar-refractivity contribution in [3.05, 3.63) is 66.5 Å². The molecule has 0 atom stereocenters. The summed E-state index contributed by atoms with van der Waals surface area (Å²) in [6.07, 6.45) is 0. The van der Waals surface area contributed by atoms with Gasteiger partial charge in [0.15, 0.2) is 0 Å². The van der Waals surface area contributed by atoms with Crippen LogP contribution in [0.2, 0.25) is 0 Å². The lowest BCUT2D eigenvalue weighted by Crippen LogP contribution is -2.27. The fourth-order valence-corrected chi connectivity index (χ4v) is 2.53. The van der Waals surface area contributed by atoms with Crippen molar-refractivity contribution in [3.63, 3.8) is 0 Å². The van der Waals surface area contributed by atoms with Crippen molar-refractivity contribution in [2.24, 2.45) is 5.41 Å². The molecule has 0 saturated heterocycles. The topological polar surface area (TPSA) is 66.9 Å². The van der Waals surface area contributed by atoms with Crippen molar-refractivity contribution in [1.29, 1.82) is 0 Å². The molecule has 3 rings (SSSR count). The van der Waals surface area contributed by atoms with Crippen LogP contribution >= 0.6 is 0 Å². The predicted octanol–water partition coefficient (Wildman–Crippen LogP) is 5.18. The van der Waals surface area contributed by atoms with Crippen molar-refractivity contribution in [2.45, 2.75) is 27.7 Å². The first kappa shape index (κ1) is 18.6. The largest absolute Gasteiger partial charge is 0.340 e. The summed E-state index contributed by atoms with van der Waals surface area (Å²) < 4.78 is 0. The van der Waals surface area contributed by atoms with Crippen LogP contribution in [0.15, 0.2) is 60.7 Å². The molecule has 0 aliphatic rings. The van der Waals surface area contributed by atoms with E-state index >= 15 is 0 Å². The van der Waals surface area contributed by atoms with E-state index in [0.717, 1.165) is 22.6 Å². The molecule has 2 N–H and O–H groups in total. The molecule has 1 aromatic heterocycles. The van der Waals surface area contributed by atoms with E-state index in [2.05, 4.69) is 20.6 Å². The molecule has 0 spiro atoms. The van der Waals surface area contributed by atoms with E-state index in [4.69, 9.17) is 0 Å². The maximum absolute atomic E-state index is 12.2. The number of carbonyl (C=O) groups is 1. The molecule has 138 valence electrons. The number of hydrogen-bond acceptors (Lipinski definition) is 4. The van der Waals surface area contributed by atoms with E-state index in [-0.39, 0.29) is 5.91 Å².